The second kappa shape index (κ2) is 11.2. The van der Waals surface area contributed by atoms with Gasteiger partial charge in [-0.15, -0.1) is 0 Å². The smallest absolute Gasteiger partial charge is 0.310 e. The van der Waals surface area contributed by atoms with Gasteiger partial charge in [-0.3, -0.25) is 4.79 Å². The van der Waals surface area contributed by atoms with Gasteiger partial charge in [0, 0.05) is 29.3 Å². The first-order valence-electron chi connectivity index (χ1n) is 11.8. The number of carbonyl (C=O) groups is 1. The zero-order chi connectivity index (χ0) is 26.6. The van der Waals surface area contributed by atoms with Crippen LogP contribution in [0.15, 0.2) is 71.3 Å². The molecule has 4 aromatic rings. The van der Waals surface area contributed by atoms with Crippen LogP contribution in [-0.4, -0.2) is 27.2 Å². The Morgan fingerprint density at radius 1 is 1.05 bits per heavy atom. The number of carbonyl (C=O) groups excluding carboxylic acids is 1. The lowest BCUT2D eigenvalue weighted by atomic mass is 9.99. The monoisotopic (exact) mass is 522 g/mol. The highest BCUT2D eigenvalue weighted by Gasteiger charge is 2.21. The van der Waals surface area contributed by atoms with Crippen LogP contribution in [0, 0.1) is 0 Å². The van der Waals surface area contributed by atoms with E-state index in [0.717, 1.165) is 39.5 Å². The Hall–Kier alpha value is -3.66. The molecule has 0 amide bonds. The van der Waals surface area contributed by atoms with E-state index in [1.165, 1.54) is 0 Å². The van der Waals surface area contributed by atoms with E-state index < -0.39 is 21.2 Å². The summed E-state index contributed by atoms with van der Waals surface area (Å²) in [7, 11) is -3.53. The second-order valence-electron chi connectivity index (χ2n) is 8.77. The largest absolute Gasteiger partial charge is 0.489 e. The average molecular weight is 523 g/mol. The molecular formula is C28H30N2O6S. The van der Waals surface area contributed by atoms with Gasteiger partial charge in [0.2, 0.25) is 0 Å². The van der Waals surface area contributed by atoms with Crippen LogP contribution in [0.3, 0.4) is 0 Å². The fraction of sp³-hybridized carbons (Fsp3) is 0.250. The van der Waals surface area contributed by atoms with Gasteiger partial charge in [0.05, 0.1) is 19.3 Å². The molecule has 0 radical (unpaired) electrons. The molecule has 0 aliphatic rings. The van der Waals surface area contributed by atoms with Crippen molar-refractivity contribution in [3.63, 3.8) is 0 Å². The molecule has 194 valence electrons. The van der Waals surface area contributed by atoms with Gasteiger partial charge in [0.25, 0.3) is 0 Å². The maximum atomic E-state index is 12.2. The summed E-state index contributed by atoms with van der Waals surface area (Å²) < 4.78 is 41.1. The Morgan fingerprint density at radius 3 is 2.59 bits per heavy atom. The van der Waals surface area contributed by atoms with Gasteiger partial charge in [0.15, 0.2) is 9.84 Å². The van der Waals surface area contributed by atoms with Gasteiger partial charge in [-0.2, -0.15) is 0 Å². The van der Waals surface area contributed by atoms with Crippen LogP contribution < -0.4 is 16.2 Å². The normalized spacial score (nSPS) is 12.4. The van der Waals surface area contributed by atoms with Crippen molar-refractivity contribution in [3.05, 3.63) is 89.2 Å². The van der Waals surface area contributed by atoms with Crippen LogP contribution >= 0.6 is 0 Å². The van der Waals surface area contributed by atoms with Crippen molar-refractivity contribution < 1.29 is 27.1 Å². The summed E-state index contributed by atoms with van der Waals surface area (Å²) in [5.41, 5.74) is 17.2. The lowest BCUT2D eigenvalue weighted by Gasteiger charge is -2.16. The molecule has 9 heteroatoms. The number of rotatable bonds is 10. The van der Waals surface area contributed by atoms with Crippen LogP contribution in [0.1, 0.15) is 34.6 Å². The Labute approximate surface area is 216 Å². The average Bonchev–Trinajstić information content (AvgIpc) is 3.35. The Balaban J connectivity index is 1.69. The number of esters is 1. The second-order valence-corrected chi connectivity index (χ2v) is 10.9. The summed E-state index contributed by atoms with van der Waals surface area (Å²) in [5, 5.41) is -0.302. The van der Waals surface area contributed by atoms with Crippen molar-refractivity contribution in [2.75, 3.05) is 12.9 Å². The first-order valence-corrected chi connectivity index (χ1v) is 13.8. The van der Waals surface area contributed by atoms with Gasteiger partial charge in [0.1, 0.15) is 23.3 Å². The minimum Gasteiger partial charge on any atom is -0.489 e. The van der Waals surface area contributed by atoms with Gasteiger partial charge in [-0.25, -0.2) is 8.42 Å². The highest BCUT2D eigenvalue weighted by molar-refractivity contribution is 7.90. The van der Waals surface area contributed by atoms with Crippen molar-refractivity contribution in [1.29, 1.82) is 0 Å². The quantitative estimate of drug-likeness (QED) is 0.295. The minimum atomic E-state index is -3.53. The van der Waals surface area contributed by atoms with Crippen LogP contribution in [0.5, 0.6) is 5.75 Å². The highest BCUT2D eigenvalue weighted by Crippen LogP contribution is 2.33. The molecule has 0 aliphatic carbocycles. The summed E-state index contributed by atoms with van der Waals surface area (Å²) in [4.78, 5) is 12.2. The van der Waals surface area contributed by atoms with Gasteiger partial charge in [-0.05, 0) is 59.5 Å². The van der Waals surface area contributed by atoms with Crippen LogP contribution in [-0.2, 0) is 38.9 Å². The highest BCUT2D eigenvalue weighted by atomic mass is 32.2. The number of ether oxygens (including phenoxy) is 2. The van der Waals surface area contributed by atoms with Crippen LogP contribution in [0.4, 0.5) is 0 Å². The van der Waals surface area contributed by atoms with E-state index in [1.807, 2.05) is 42.5 Å². The van der Waals surface area contributed by atoms with Gasteiger partial charge >= 0.3 is 5.97 Å². The van der Waals surface area contributed by atoms with E-state index in [-0.39, 0.29) is 19.6 Å². The molecule has 0 fully saturated rings. The van der Waals surface area contributed by atoms with Crippen LogP contribution in [0.2, 0.25) is 0 Å². The van der Waals surface area contributed by atoms with Crippen molar-refractivity contribution in [2.24, 2.45) is 11.5 Å². The van der Waals surface area contributed by atoms with E-state index in [9.17, 15) is 13.2 Å². The van der Waals surface area contributed by atoms with Crippen molar-refractivity contribution in [3.8, 4) is 16.9 Å². The van der Waals surface area contributed by atoms with E-state index in [2.05, 4.69) is 0 Å². The van der Waals surface area contributed by atoms with Crippen molar-refractivity contribution >= 4 is 26.8 Å². The summed E-state index contributed by atoms with van der Waals surface area (Å²) in [5.74, 6) is -0.0435. The topological polar surface area (TPSA) is 135 Å². The molecule has 4 N–H and O–H groups in total. The van der Waals surface area contributed by atoms with E-state index in [0.29, 0.717) is 23.4 Å². The maximum Gasteiger partial charge on any atom is 0.310 e. The maximum absolute atomic E-state index is 12.2. The number of nitrogens with two attached hydrogens (primary N) is 2. The van der Waals surface area contributed by atoms with E-state index in [4.69, 9.17) is 25.4 Å². The molecule has 0 aliphatic heterocycles. The predicted molar refractivity (Wildman–Crippen MR) is 142 cm³/mol. The molecule has 0 saturated carbocycles. The standard InChI is InChI=1S/C28H30N2O6S/c1-3-34-26(31)15-21-7-8-23(28(30)37(2,32)33)14-25(21)36-17-19-12-22-9-10-35-27(22)24(13-19)20-6-4-5-18(11-20)16-29/h4-14,28H,3,15-17,29-30H2,1-2H3. The molecule has 0 bridgehead atoms. The molecule has 1 atom stereocenters. The van der Waals surface area contributed by atoms with Gasteiger partial charge in [-0.1, -0.05) is 30.3 Å². The van der Waals surface area contributed by atoms with Crippen LogP contribution in [0.25, 0.3) is 22.1 Å². The summed E-state index contributed by atoms with van der Waals surface area (Å²) >= 11 is 0. The molecule has 3 aromatic carbocycles. The van der Waals surface area contributed by atoms with E-state index in [1.54, 1.807) is 31.4 Å². The molecule has 0 saturated heterocycles. The summed E-state index contributed by atoms with van der Waals surface area (Å²) in [6.45, 7) is 2.58. The summed E-state index contributed by atoms with van der Waals surface area (Å²) in [6, 6.07) is 18.6. The SMILES string of the molecule is CCOC(=O)Cc1ccc(C(N)S(C)(=O)=O)cc1OCc1cc(-c2cccc(CN)c2)c2occc2c1. The fourth-order valence-electron chi connectivity index (χ4n) is 4.11. The zero-order valence-electron chi connectivity index (χ0n) is 20.8. The molecule has 1 heterocycles. The lowest BCUT2D eigenvalue weighted by molar-refractivity contribution is -0.142. The Bertz CT molecular complexity index is 1530. The summed E-state index contributed by atoms with van der Waals surface area (Å²) in [6.07, 6.45) is 2.70. The first-order chi connectivity index (χ1) is 17.7. The third kappa shape index (κ3) is 6.19. The van der Waals surface area contributed by atoms with Crippen molar-refractivity contribution in [2.45, 2.75) is 31.9 Å². The number of hydrogen-bond donors (Lipinski definition) is 2. The number of sulfone groups is 1. The molecule has 8 nitrogen and oxygen atoms in total. The number of benzene rings is 3. The number of fused-ring (bicyclic) bond motifs is 1. The fourth-order valence-corrected chi connectivity index (χ4v) is 4.75. The van der Waals surface area contributed by atoms with Crippen molar-refractivity contribution in [1.82, 2.24) is 0 Å². The molecule has 1 unspecified atom stereocenters. The lowest BCUT2D eigenvalue weighted by Crippen LogP contribution is -2.20. The zero-order valence-corrected chi connectivity index (χ0v) is 21.6. The number of furan rings is 1. The molecular weight excluding hydrogens is 492 g/mol. The third-order valence-electron chi connectivity index (χ3n) is 6.00. The molecule has 4 rings (SSSR count). The predicted octanol–water partition coefficient (Wildman–Crippen LogP) is 4.25. The minimum absolute atomic E-state index is 0.0184. The molecule has 1 aromatic heterocycles. The third-order valence-corrected chi connectivity index (χ3v) is 7.19. The number of hydrogen-bond acceptors (Lipinski definition) is 8. The molecule has 37 heavy (non-hydrogen) atoms. The van der Waals surface area contributed by atoms with E-state index >= 15 is 0 Å². The Morgan fingerprint density at radius 2 is 1.86 bits per heavy atom. The Kier molecular flexibility index (Phi) is 7.97. The molecule has 0 spiro atoms. The first kappa shape index (κ1) is 26.4. The van der Waals surface area contributed by atoms with Gasteiger partial charge < -0.3 is 25.4 Å².